The summed E-state index contributed by atoms with van der Waals surface area (Å²) in [5.74, 6) is 5.29. The summed E-state index contributed by atoms with van der Waals surface area (Å²) in [5, 5.41) is 0. The van der Waals surface area contributed by atoms with Gasteiger partial charge in [0.1, 0.15) is 5.82 Å². The van der Waals surface area contributed by atoms with E-state index in [1.54, 1.807) is 0 Å². The van der Waals surface area contributed by atoms with Crippen molar-refractivity contribution in [3.63, 3.8) is 0 Å². The van der Waals surface area contributed by atoms with Crippen LogP contribution in [0.1, 0.15) is 34.0 Å². The van der Waals surface area contributed by atoms with Gasteiger partial charge in [-0.1, -0.05) is 29.5 Å². The van der Waals surface area contributed by atoms with Crippen LogP contribution in [0.15, 0.2) is 42.5 Å². The molecule has 0 unspecified atom stereocenters. The molecule has 2 aromatic rings. The van der Waals surface area contributed by atoms with Gasteiger partial charge in [0.05, 0.1) is 0 Å². The minimum atomic E-state index is -0.391. The molecule has 0 N–H and O–H groups in total. The molecule has 0 spiro atoms. The van der Waals surface area contributed by atoms with Gasteiger partial charge in [0.15, 0.2) is 5.78 Å². The first-order chi connectivity index (χ1) is 9.06. The molecular weight excluding hydrogens is 239 g/mol. The summed E-state index contributed by atoms with van der Waals surface area (Å²) in [6, 6.07) is 11.7. The molecule has 0 radical (unpaired) electrons. The zero-order valence-corrected chi connectivity index (χ0v) is 10.8. The van der Waals surface area contributed by atoms with E-state index in [0.29, 0.717) is 11.1 Å². The molecule has 0 atom stereocenters. The molecule has 1 nitrogen and oxygen atoms in total. The van der Waals surface area contributed by atoms with Crippen LogP contribution in [-0.4, -0.2) is 5.78 Å². The van der Waals surface area contributed by atoms with E-state index >= 15 is 0 Å². The van der Waals surface area contributed by atoms with Crippen molar-refractivity contribution < 1.29 is 9.18 Å². The van der Waals surface area contributed by atoms with E-state index in [2.05, 4.69) is 11.8 Å². The molecule has 2 aromatic carbocycles. The fraction of sp³-hybridized carbons (Fsp3) is 0.118. The molecule has 0 aliphatic heterocycles. The molecule has 0 saturated carbocycles. The number of rotatable bonds is 1. The van der Waals surface area contributed by atoms with Gasteiger partial charge in [-0.3, -0.25) is 4.79 Å². The summed E-state index contributed by atoms with van der Waals surface area (Å²) in [4.78, 5) is 11.4. The van der Waals surface area contributed by atoms with E-state index in [1.165, 1.54) is 25.1 Å². The van der Waals surface area contributed by atoms with E-state index in [1.807, 2.05) is 31.2 Å². The molecule has 0 saturated heterocycles. The monoisotopic (exact) mass is 252 g/mol. The maximum absolute atomic E-state index is 13.2. The van der Waals surface area contributed by atoms with Gasteiger partial charge in [-0.2, -0.15) is 0 Å². The Morgan fingerprint density at radius 2 is 1.74 bits per heavy atom. The van der Waals surface area contributed by atoms with Crippen LogP contribution in [0.3, 0.4) is 0 Å². The zero-order chi connectivity index (χ0) is 13.8. The molecule has 0 aliphatic rings. The first-order valence-electron chi connectivity index (χ1n) is 5.95. The van der Waals surface area contributed by atoms with Gasteiger partial charge in [0.25, 0.3) is 0 Å². The summed E-state index contributed by atoms with van der Waals surface area (Å²) in [5.41, 5.74) is 2.86. The second kappa shape index (κ2) is 5.49. The van der Waals surface area contributed by atoms with Gasteiger partial charge in [-0.25, -0.2) is 4.39 Å². The second-order valence-electron chi connectivity index (χ2n) is 4.36. The zero-order valence-electron chi connectivity index (χ0n) is 10.8. The number of carbonyl (C=O) groups is 1. The van der Waals surface area contributed by atoms with Gasteiger partial charge in [0.2, 0.25) is 0 Å². The summed E-state index contributed by atoms with van der Waals surface area (Å²) < 4.78 is 13.2. The third kappa shape index (κ3) is 3.29. The maximum Gasteiger partial charge on any atom is 0.161 e. The Kier molecular flexibility index (Phi) is 3.77. The van der Waals surface area contributed by atoms with E-state index in [-0.39, 0.29) is 5.78 Å². The third-order valence-corrected chi connectivity index (χ3v) is 2.75. The van der Waals surface area contributed by atoms with Crippen LogP contribution in [0.25, 0.3) is 0 Å². The van der Waals surface area contributed by atoms with Crippen LogP contribution >= 0.6 is 0 Å². The van der Waals surface area contributed by atoms with E-state index in [9.17, 15) is 9.18 Å². The first kappa shape index (κ1) is 13.0. The topological polar surface area (TPSA) is 17.1 Å². The van der Waals surface area contributed by atoms with Gasteiger partial charge in [-0.05, 0) is 44.2 Å². The molecule has 0 fully saturated rings. The van der Waals surface area contributed by atoms with Crippen molar-refractivity contribution in [2.45, 2.75) is 13.8 Å². The predicted molar refractivity (Wildman–Crippen MR) is 73.6 cm³/mol. The van der Waals surface area contributed by atoms with Gasteiger partial charge < -0.3 is 0 Å². The summed E-state index contributed by atoms with van der Waals surface area (Å²) >= 11 is 0. The van der Waals surface area contributed by atoms with Crippen molar-refractivity contribution in [1.29, 1.82) is 0 Å². The standard InChI is InChI=1S/C17H13FO/c1-12-3-5-14(6-4-12)7-8-15-11-16(18)9-10-17(15)13(2)19/h3-6,9-11H,1-2H3. The largest absolute Gasteiger partial charge is 0.294 e. The quantitative estimate of drug-likeness (QED) is 0.558. The predicted octanol–water partition coefficient (Wildman–Crippen LogP) is 3.74. The lowest BCUT2D eigenvalue weighted by Gasteiger charge is -2.00. The van der Waals surface area contributed by atoms with E-state index in [4.69, 9.17) is 0 Å². The number of aryl methyl sites for hydroxylation is 1. The number of hydrogen-bond acceptors (Lipinski definition) is 1. The molecule has 0 aliphatic carbocycles. The highest BCUT2D eigenvalue weighted by atomic mass is 19.1. The number of hydrogen-bond donors (Lipinski definition) is 0. The van der Waals surface area contributed by atoms with Crippen molar-refractivity contribution in [2.24, 2.45) is 0 Å². The lowest BCUT2D eigenvalue weighted by atomic mass is 10.0. The summed E-state index contributed by atoms with van der Waals surface area (Å²) in [6.07, 6.45) is 0. The van der Waals surface area contributed by atoms with Crippen molar-refractivity contribution in [3.8, 4) is 11.8 Å². The van der Waals surface area contributed by atoms with Gasteiger partial charge >= 0.3 is 0 Å². The Balaban J connectivity index is 2.41. The summed E-state index contributed by atoms with van der Waals surface area (Å²) in [6.45, 7) is 3.45. The van der Waals surface area contributed by atoms with Gasteiger partial charge in [-0.15, -0.1) is 0 Å². The Morgan fingerprint density at radius 1 is 1.05 bits per heavy atom. The Labute approximate surface area is 112 Å². The average molecular weight is 252 g/mol. The number of carbonyl (C=O) groups excluding carboxylic acids is 1. The molecule has 2 rings (SSSR count). The molecule has 0 amide bonds. The highest BCUT2D eigenvalue weighted by Gasteiger charge is 2.06. The normalized spacial score (nSPS) is 9.63. The smallest absolute Gasteiger partial charge is 0.161 e. The summed E-state index contributed by atoms with van der Waals surface area (Å²) in [7, 11) is 0. The Hall–Kier alpha value is -2.40. The van der Waals surface area contributed by atoms with Crippen LogP contribution in [-0.2, 0) is 0 Å². The number of Topliss-reactive ketones (excluding diaryl/α,β-unsaturated/α-hetero) is 1. The van der Waals surface area contributed by atoms with Gasteiger partial charge in [0, 0.05) is 16.7 Å². The third-order valence-electron chi connectivity index (χ3n) is 2.75. The highest BCUT2D eigenvalue weighted by molar-refractivity contribution is 5.96. The maximum atomic E-state index is 13.2. The molecule has 2 heteroatoms. The van der Waals surface area contributed by atoms with E-state index < -0.39 is 5.82 Å². The van der Waals surface area contributed by atoms with Crippen LogP contribution in [0.4, 0.5) is 4.39 Å². The fourth-order valence-corrected chi connectivity index (χ4v) is 1.70. The van der Waals surface area contributed by atoms with Crippen molar-refractivity contribution in [3.05, 3.63) is 70.5 Å². The van der Waals surface area contributed by atoms with Crippen LogP contribution in [0, 0.1) is 24.6 Å². The highest BCUT2D eigenvalue weighted by Crippen LogP contribution is 2.11. The number of ketones is 1. The molecule has 19 heavy (non-hydrogen) atoms. The number of benzene rings is 2. The minimum Gasteiger partial charge on any atom is -0.294 e. The Bertz CT molecular complexity index is 673. The van der Waals surface area contributed by atoms with Crippen LogP contribution in [0.5, 0.6) is 0 Å². The molecule has 0 bridgehead atoms. The van der Waals surface area contributed by atoms with E-state index in [0.717, 1.165) is 11.1 Å². The molecular formula is C17H13FO. The fourth-order valence-electron chi connectivity index (χ4n) is 1.70. The molecule has 94 valence electrons. The average Bonchev–Trinajstić information content (AvgIpc) is 2.38. The van der Waals surface area contributed by atoms with Crippen LogP contribution in [0.2, 0.25) is 0 Å². The molecule has 0 aromatic heterocycles. The van der Waals surface area contributed by atoms with Crippen LogP contribution < -0.4 is 0 Å². The number of halogens is 1. The van der Waals surface area contributed by atoms with Crippen molar-refractivity contribution >= 4 is 5.78 Å². The lowest BCUT2D eigenvalue weighted by Crippen LogP contribution is -1.97. The second-order valence-corrected chi connectivity index (χ2v) is 4.36. The Morgan fingerprint density at radius 3 is 2.37 bits per heavy atom. The minimum absolute atomic E-state index is 0.117. The molecule has 0 heterocycles. The van der Waals surface area contributed by atoms with Crippen molar-refractivity contribution in [2.75, 3.05) is 0 Å². The first-order valence-corrected chi connectivity index (χ1v) is 5.95. The lowest BCUT2D eigenvalue weighted by molar-refractivity contribution is 0.101. The van der Waals surface area contributed by atoms with Crippen molar-refractivity contribution in [1.82, 2.24) is 0 Å². The SMILES string of the molecule is CC(=O)c1ccc(F)cc1C#Cc1ccc(C)cc1.